The lowest BCUT2D eigenvalue weighted by Crippen LogP contribution is -2.10. The van der Waals surface area contributed by atoms with E-state index in [0.29, 0.717) is 36.7 Å². The van der Waals surface area contributed by atoms with Crippen LogP contribution in [0.15, 0.2) is 11.6 Å². The van der Waals surface area contributed by atoms with Crippen LogP contribution in [0.2, 0.25) is 0 Å². The van der Waals surface area contributed by atoms with Crippen LogP contribution in [0.25, 0.3) is 0 Å². The number of halogens is 1. The molecule has 144 valence electrons. The Kier molecular flexibility index (Phi) is 8.96. The van der Waals surface area contributed by atoms with Crippen molar-refractivity contribution in [3.63, 3.8) is 0 Å². The molecule has 0 spiro atoms. The number of allylic oxidation sites excluding steroid dienone is 1. The molecule has 1 heterocycles. The first-order chi connectivity index (χ1) is 12.5. The SMILES string of the molecule is COc1c(C)c2c(c(OCCSI)c1C/C=C(\C)COPO)C(=O)OC2. The summed E-state index contributed by atoms with van der Waals surface area (Å²) in [5, 5.41) is 0. The molecule has 0 radical (unpaired) electrons. The molecule has 9 heteroatoms. The molecule has 6 nitrogen and oxygen atoms in total. The molecule has 0 fully saturated rings. The second-order valence-electron chi connectivity index (χ2n) is 5.69. The van der Waals surface area contributed by atoms with Crippen molar-refractivity contribution < 1.29 is 28.4 Å². The van der Waals surface area contributed by atoms with Crippen LogP contribution >= 0.6 is 39.2 Å². The fourth-order valence-electron chi connectivity index (χ4n) is 2.83. The normalized spacial score (nSPS) is 14.0. The van der Waals surface area contributed by atoms with Gasteiger partial charge in [0.1, 0.15) is 23.7 Å². The van der Waals surface area contributed by atoms with Gasteiger partial charge in [0, 0.05) is 16.9 Å². The summed E-state index contributed by atoms with van der Waals surface area (Å²) < 4.78 is 21.9. The topological polar surface area (TPSA) is 74.2 Å². The summed E-state index contributed by atoms with van der Waals surface area (Å²) in [6.45, 7) is 4.94. The Morgan fingerprint density at radius 2 is 2.23 bits per heavy atom. The standard InChI is InChI=1S/C17H22IO6PS/c1-10(8-24-25-20)4-5-12-15(21-3)11(2)13-9-23-17(19)14(13)16(12)22-6-7-26-18/h4,20,25H,5-9H2,1-3H3/b10-4+. The van der Waals surface area contributed by atoms with Gasteiger partial charge in [-0.15, -0.1) is 0 Å². The Balaban J connectivity index is 2.47. The monoisotopic (exact) mass is 512 g/mol. The maximum Gasteiger partial charge on any atom is 0.342 e. The highest BCUT2D eigenvalue weighted by molar-refractivity contribution is 14.2. The maximum atomic E-state index is 12.3. The van der Waals surface area contributed by atoms with E-state index in [1.165, 1.54) is 0 Å². The van der Waals surface area contributed by atoms with Crippen LogP contribution in [-0.2, 0) is 22.3 Å². The highest BCUT2D eigenvalue weighted by atomic mass is 127. The predicted molar refractivity (Wildman–Crippen MR) is 113 cm³/mol. The number of carbonyl (C=O) groups is 1. The lowest BCUT2D eigenvalue weighted by Gasteiger charge is -2.19. The summed E-state index contributed by atoms with van der Waals surface area (Å²) in [6.07, 6.45) is 2.52. The number of hydrogen-bond donors (Lipinski definition) is 1. The molecule has 1 unspecified atom stereocenters. The Bertz CT molecular complexity index is 695. The smallest absolute Gasteiger partial charge is 0.342 e. The number of esters is 1. The lowest BCUT2D eigenvalue weighted by atomic mass is 9.95. The second-order valence-corrected chi connectivity index (χ2v) is 8.66. The third-order valence-corrected chi connectivity index (χ3v) is 5.97. The molecule has 1 aromatic rings. The van der Waals surface area contributed by atoms with Crippen LogP contribution in [0.1, 0.15) is 34.0 Å². The van der Waals surface area contributed by atoms with E-state index in [9.17, 15) is 4.79 Å². The number of benzene rings is 1. The van der Waals surface area contributed by atoms with E-state index < -0.39 is 9.03 Å². The first-order valence-corrected chi connectivity index (χ1v) is 12.4. The molecule has 0 aromatic heterocycles. The van der Waals surface area contributed by atoms with Crippen molar-refractivity contribution >= 4 is 45.1 Å². The van der Waals surface area contributed by atoms with Gasteiger partial charge in [0.05, 0.1) is 20.3 Å². The quantitative estimate of drug-likeness (QED) is 0.166. The van der Waals surface area contributed by atoms with Crippen LogP contribution in [0, 0.1) is 6.92 Å². The van der Waals surface area contributed by atoms with Crippen molar-refractivity contribution in [3.05, 3.63) is 33.9 Å². The average molecular weight is 512 g/mol. The van der Waals surface area contributed by atoms with Gasteiger partial charge in [0.2, 0.25) is 0 Å². The number of cyclic esters (lactones) is 1. The van der Waals surface area contributed by atoms with Crippen molar-refractivity contribution in [2.75, 3.05) is 26.1 Å². The van der Waals surface area contributed by atoms with Crippen molar-refractivity contribution in [2.24, 2.45) is 0 Å². The molecule has 0 saturated heterocycles. The number of ether oxygens (including phenoxy) is 3. The van der Waals surface area contributed by atoms with Crippen LogP contribution in [0.4, 0.5) is 0 Å². The summed E-state index contributed by atoms with van der Waals surface area (Å²) in [6, 6.07) is 0. The summed E-state index contributed by atoms with van der Waals surface area (Å²) in [7, 11) is 2.73. The minimum Gasteiger partial charge on any atom is -0.496 e. The zero-order valence-electron chi connectivity index (χ0n) is 14.9. The van der Waals surface area contributed by atoms with Gasteiger partial charge in [0.15, 0.2) is 9.03 Å². The van der Waals surface area contributed by atoms with Crippen LogP contribution in [0.5, 0.6) is 11.5 Å². The first-order valence-electron chi connectivity index (χ1n) is 7.97. The van der Waals surface area contributed by atoms with Crippen LogP contribution in [0.3, 0.4) is 0 Å². The zero-order chi connectivity index (χ0) is 19.1. The third-order valence-electron chi connectivity index (χ3n) is 4.05. The molecule has 1 atom stereocenters. The molecule has 1 aliphatic rings. The molecule has 2 rings (SSSR count). The molecule has 0 saturated carbocycles. The van der Waals surface area contributed by atoms with E-state index in [1.807, 2.05) is 19.9 Å². The van der Waals surface area contributed by atoms with Crippen LogP contribution < -0.4 is 9.47 Å². The van der Waals surface area contributed by atoms with E-state index in [0.717, 1.165) is 28.0 Å². The summed E-state index contributed by atoms with van der Waals surface area (Å²) in [5.74, 6) is 1.72. The van der Waals surface area contributed by atoms with Gasteiger partial charge < -0.3 is 23.6 Å². The van der Waals surface area contributed by atoms with Gasteiger partial charge in [-0.05, 0) is 47.0 Å². The third kappa shape index (κ3) is 5.04. The molecule has 26 heavy (non-hydrogen) atoms. The lowest BCUT2D eigenvalue weighted by molar-refractivity contribution is 0.0532. The highest BCUT2D eigenvalue weighted by Crippen LogP contribution is 2.43. The Morgan fingerprint density at radius 3 is 2.88 bits per heavy atom. The zero-order valence-corrected chi connectivity index (χ0v) is 18.9. The van der Waals surface area contributed by atoms with Crippen LogP contribution in [-0.4, -0.2) is 36.9 Å². The number of hydrogen-bond acceptors (Lipinski definition) is 7. The summed E-state index contributed by atoms with van der Waals surface area (Å²) in [5.41, 5.74) is 4.04. The fraction of sp³-hybridized carbons (Fsp3) is 0.471. The van der Waals surface area contributed by atoms with Crippen molar-refractivity contribution in [2.45, 2.75) is 26.9 Å². The van der Waals surface area contributed by atoms with Crippen molar-refractivity contribution in [3.8, 4) is 11.5 Å². The molecular weight excluding hydrogens is 490 g/mol. The summed E-state index contributed by atoms with van der Waals surface area (Å²) >= 11 is 2.21. The van der Waals surface area contributed by atoms with E-state index in [2.05, 4.69) is 21.2 Å². The Labute approximate surface area is 171 Å². The fourth-order valence-corrected chi connectivity index (χ4v) is 3.80. The van der Waals surface area contributed by atoms with E-state index >= 15 is 0 Å². The van der Waals surface area contributed by atoms with Gasteiger partial charge in [-0.25, -0.2) is 4.79 Å². The minimum absolute atomic E-state index is 0.244. The number of methoxy groups -OCH3 is 1. The molecule has 1 aromatic carbocycles. The largest absolute Gasteiger partial charge is 0.496 e. The van der Waals surface area contributed by atoms with Crippen molar-refractivity contribution in [1.29, 1.82) is 0 Å². The summed E-state index contributed by atoms with van der Waals surface area (Å²) in [4.78, 5) is 21.1. The van der Waals surface area contributed by atoms with E-state index in [1.54, 1.807) is 16.0 Å². The Morgan fingerprint density at radius 1 is 1.46 bits per heavy atom. The van der Waals surface area contributed by atoms with Crippen molar-refractivity contribution in [1.82, 2.24) is 0 Å². The van der Waals surface area contributed by atoms with E-state index in [4.69, 9.17) is 23.6 Å². The van der Waals surface area contributed by atoms with Gasteiger partial charge in [-0.3, -0.25) is 0 Å². The van der Waals surface area contributed by atoms with Gasteiger partial charge in [0.25, 0.3) is 0 Å². The maximum absolute atomic E-state index is 12.3. The number of fused-ring (bicyclic) bond motifs is 1. The number of rotatable bonds is 10. The molecule has 0 bridgehead atoms. The first kappa shape index (κ1) is 21.8. The van der Waals surface area contributed by atoms with Gasteiger partial charge in [-0.1, -0.05) is 20.6 Å². The average Bonchev–Trinajstić information content (AvgIpc) is 3.02. The van der Waals surface area contributed by atoms with E-state index in [-0.39, 0.29) is 12.6 Å². The molecular formula is C17H22IO6PS. The molecule has 0 aliphatic carbocycles. The molecule has 1 aliphatic heterocycles. The highest BCUT2D eigenvalue weighted by Gasteiger charge is 2.33. The van der Waals surface area contributed by atoms with Gasteiger partial charge in [-0.2, -0.15) is 0 Å². The minimum atomic E-state index is -0.539. The van der Waals surface area contributed by atoms with Gasteiger partial charge >= 0.3 is 5.97 Å². The molecule has 0 amide bonds. The second kappa shape index (κ2) is 10.7. The predicted octanol–water partition coefficient (Wildman–Crippen LogP) is 4.14. The molecule has 1 N–H and O–H groups in total. The number of carbonyl (C=O) groups excluding carboxylic acids is 1. The Hall–Kier alpha value is -0.540.